The van der Waals surface area contributed by atoms with E-state index >= 15 is 0 Å². The fraction of sp³-hybridized carbons (Fsp3) is 1.00. The zero-order valence-corrected chi connectivity index (χ0v) is 8.99. The van der Waals surface area contributed by atoms with Crippen molar-refractivity contribution in [2.45, 2.75) is 20.8 Å². The van der Waals surface area contributed by atoms with Gasteiger partial charge >= 0.3 is 22.4 Å². The number of rotatable bonds is 0. The fourth-order valence-electron chi connectivity index (χ4n) is 0. The maximum atomic E-state index is 8.93. The van der Waals surface area contributed by atoms with Crippen molar-refractivity contribution in [2.75, 3.05) is 19.8 Å². The minimum absolute atomic E-state index is 0. The van der Waals surface area contributed by atoms with E-state index in [0.717, 1.165) is 0 Å². The van der Waals surface area contributed by atoms with E-state index in [0.29, 0.717) is 0 Å². The monoisotopic (exact) mass is 228 g/mol. The minimum atomic E-state index is 0. The summed E-state index contributed by atoms with van der Waals surface area (Å²) in [4.78, 5) is 0. The average molecular weight is 228 g/mol. The summed E-state index contributed by atoms with van der Waals surface area (Å²) in [5.74, 6) is 0. The Morgan fingerprint density at radius 2 is 0.700 bits per heavy atom. The second-order valence-corrected chi connectivity index (χ2v) is 0.866. The molecule has 0 saturated heterocycles. The Bertz CT molecular complexity index is 17.7. The van der Waals surface area contributed by atoms with Crippen molar-refractivity contribution >= 4 is 0 Å². The summed E-state index contributed by atoms with van der Waals surface area (Å²) >= 11 is 0. The van der Waals surface area contributed by atoms with Crippen LogP contribution in [0.5, 0.6) is 0 Å². The Balaban J connectivity index is -0.0000000257. The van der Waals surface area contributed by atoms with Gasteiger partial charge in [-0.3, -0.25) is 0 Å². The number of hydrogen-bond donors (Lipinski definition) is 0. The summed E-state index contributed by atoms with van der Waals surface area (Å²) in [6.07, 6.45) is 0. The molecule has 0 N–H and O–H groups in total. The van der Waals surface area contributed by atoms with Crippen molar-refractivity contribution in [3.05, 3.63) is 0 Å². The van der Waals surface area contributed by atoms with E-state index in [1.165, 1.54) is 0 Å². The Hall–Kier alpha value is 0.620. The molecular formula is C6H15NbO3. The first-order valence-corrected chi connectivity index (χ1v) is 2.99. The molecule has 0 aromatic carbocycles. The summed E-state index contributed by atoms with van der Waals surface area (Å²) in [5, 5.41) is 26.8. The molecule has 0 aliphatic rings. The zero-order valence-electron chi connectivity index (χ0n) is 6.79. The summed E-state index contributed by atoms with van der Waals surface area (Å²) in [5.41, 5.74) is 0. The largest absolute Gasteiger partial charge is 3.00 e. The molecule has 0 radical (unpaired) electrons. The molecule has 3 nitrogen and oxygen atoms in total. The van der Waals surface area contributed by atoms with Gasteiger partial charge in [-0.25, -0.2) is 0 Å². The van der Waals surface area contributed by atoms with Crippen LogP contribution in [0.4, 0.5) is 0 Å². The third-order valence-electron chi connectivity index (χ3n) is 0. The van der Waals surface area contributed by atoms with Gasteiger partial charge in [0.15, 0.2) is 0 Å². The molecule has 62 valence electrons. The standard InChI is InChI=1S/3C2H5O.Nb/c3*1-2-3;/h3*2H2,1H3;/q3*-1;+3. The van der Waals surface area contributed by atoms with Crippen LogP contribution in [0.15, 0.2) is 0 Å². The molecular weight excluding hydrogens is 213 g/mol. The van der Waals surface area contributed by atoms with Crippen LogP contribution in [-0.4, -0.2) is 19.8 Å². The Kier molecular flexibility index (Phi) is 122. The second kappa shape index (κ2) is 54.5. The molecule has 10 heavy (non-hydrogen) atoms. The SMILES string of the molecule is CC[O-].CC[O-].CC[O-].[Nb+3]. The molecule has 0 fully saturated rings. The van der Waals surface area contributed by atoms with E-state index in [1.807, 2.05) is 0 Å². The molecule has 0 amide bonds. The first-order valence-electron chi connectivity index (χ1n) is 2.99. The van der Waals surface area contributed by atoms with Crippen LogP contribution in [0.3, 0.4) is 0 Å². The van der Waals surface area contributed by atoms with Crippen molar-refractivity contribution in [2.24, 2.45) is 0 Å². The number of hydrogen-bond acceptors (Lipinski definition) is 3. The molecule has 0 aromatic rings. The molecule has 0 heterocycles. The van der Waals surface area contributed by atoms with Gasteiger partial charge in [-0.05, 0) is 0 Å². The van der Waals surface area contributed by atoms with Crippen molar-refractivity contribution in [1.82, 2.24) is 0 Å². The summed E-state index contributed by atoms with van der Waals surface area (Å²) in [6, 6.07) is 0. The van der Waals surface area contributed by atoms with Crippen LogP contribution in [-0.2, 0) is 22.4 Å². The van der Waals surface area contributed by atoms with Crippen molar-refractivity contribution in [3.8, 4) is 0 Å². The van der Waals surface area contributed by atoms with Gasteiger partial charge in [0.2, 0.25) is 0 Å². The second-order valence-electron chi connectivity index (χ2n) is 0.866. The molecule has 0 aliphatic heterocycles. The maximum Gasteiger partial charge on any atom is 3.00 e. The van der Waals surface area contributed by atoms with E-state index in [2.05, 4.69) is 0 Å². The third-order valence-corrected chi connectivity index (χ3v) is 0. The first-order chi connectivity index (χ1) is 4.24. The molecule has 4 heteroatoms. The van der Waals surface area contributed by atoms with Gasteiger partial charge in [-0.1, -0.05) is 20.8 Å². The Labute approximate surface area is 78.6 Å². The van der Waals surface area contributed by atoms with Crippen LogP contribution in [0.1, 0.15) is 20.8 Å². The molecule has 0 spiro atoms. The van der Waals surface area contributed by atoms with Crippen LogP contribution >= 0.6 is 0 Å². The van der Waals surface area contributed by atoms with Crippen molar-refractivity contribution in [1.29, 1.82) is 0 Å². The Morgan fingerprint density at radius 3 is 0.700 bits per heavy atom. The van der Waals surface area contributed by atoms with E-state index in [4.69, 9.17) is 15.3 Å². The average Bonchev–Trinajstić information content (AvgIpc) is 1.70. The van der Waals surface area contributed by atoms with E-state index in [1.54, 1.807) is 20.8 Å². The fourth-order valence-corrected chi connectivity index (χ4v) is 0. The molecule has 0 atom stereocenters. The van der Waals surface area contributed by atoms with E-state index in [-0.39, 0.29) is 42.2 Å². The van der Waals surface area contributed by atoms with E-state index < -0.39 is 0 Å². The molecule has 0 rings (SSSR count). The van der Waals surface area contributed by atoms with Gasteiger partial charge < -0.3 is 15.3 Å². The van der Waals surface area contributed by atoms with Gasteiger partial charge in [0.1, 0.15) is 0 Å². The van der Waals surface area contributed by atoms with Crippen LogP contribution in [0, 0.1) is 0 Å². The zero-order chi connectivity index (χ0) is 8.12. The summed E-state index contributed by atoms with van der Waals surface area (Å²) in [6.45, 7) is 4.71. The quantitative estimate of drug-likeness (QED) is 0.454. The van der Waals surface area contributed by atoms with Gasteiger partial charge in [-0.15, -0.1) is 19.8 Å². The van der Waals surface area contributed by atoms with Crippen molar-refractivity contribution in [3.63, 3.8) is 0 Å². The molecule has 0 bridgehead atoms. The van der Waals surface area contributed by atoms with Crippen molar-refractivity contribution < 1.29 is 37.7 Å². The molecule has 0 unspecified atom stereocenters. The summed E-state index contributed by atoms with van der Waals surface area (Å²) < 4.78 is 0. The predicted molar refractivity (Wildman–Crippen MR) is 31.6 cm³/mol. The van der Waals surface area contributed by atoms with Crippen LogP contribution < -0.4 is 15.3 Å². The van der Waals surface area contributed by atoms with Gasteiger partial charge in [0.25, 0.3) is 0 Å². The van der Waals surface area contributed by atoms with E-state index in [9.17, 15) is 0 Å². The first kappa shape index (κ1) is 22.4. The molecule has 0 saturated carbocycles. The maximum absolute atomic E-state index is 8.93. The third kappa shape index (κ3) is 1300. The van der Waals surface area contributed by atoms with Gasteiger partial charge in [0.05, 0.1) is 0 Å². The van der Waals surface area contributed by atoms with Crippen LogP contribution in [0.25, 0.3) is 0 Å². The summed E-state index contributed by atoms with van der Waals surface area (Å²) in [7, 11) is 0. The van der Waals surface area contributed by atoms with Crippen LogP contribution in [0.2, 0.25) is 0 Å². The van der Waals surface area contributed by atoms with Gasteiger partial charge in [0, 0.05) is 0 Å². The molecule has 0 aromatic heterocycles. The smallest absolute Gasteiger partial charge is 0.855 e. The molecule has 0 aliphatic carbocycles. The topological polar surface area (TPSA) is 69.2 Å². The van der Waals surface area contributed by atoms with Gasteiger partial charge in [-0.2, -0.15) is 0 Å². The Morgan fingerprint density at radius 1 is 0.700 bits per heavy atom. The predicted octanol–water partition coefficient (Wildman–Crippen LogP) is -1.90. The minimum Gasteiger partial charge on any atom is -0.855 e. The normalized spacial score (nSPS) is 5.40.